The molecule has 2 saturated carbocycles. The van der Waals surface area contributed by atoms with E-state index in [1.165, 1.54) is 24.2 Å². The molecule has 12 heteroatoms. The van der Waals surface area contributed by atoms with Crippen molar-refractivity contribution >= 4 is 33.8 Å². The number of hydrogen-bond acceptors (Lipinski definition) is 7. The zero-order chi connectivity index (χ0) is 31.4. The number of primary amides is 1. The summed E-state index contributed by atoms with van der Waals surface area (Å²) in [4.78, 5) is 47.8. The lowest BCUT2D eigenvalue weighted by Gasteiger charge is -2.23. The largest absolute Gasteiger partial charge is 0.444 e. The summed E-state index contributed by atoms with van der Waals surface area (Å²) >= 11 is 0. The lowest BCUT2D eigenvalue weighted by atomic mass is 10.2. The van der Waals surface area contributed by atoms with Gasteiger partial charge >= 0.3 is 6.09 Å². The van der Waals surface area contributed by atoms with Crippen LogP contribution >= 0.6 is 0 Å². The van der Waals surface area contributed by atoms with Gasteiger partial charge in [0.05, 0.1) is 4.75 Å². The molecule has 41 heavy (non-hydrogen) atoms. The highest BCUT2D eigenvalue weighted by Crippen LogP contribution is 2.44. The van der Waals surface area contributed by atoms with Crippen molar-refractivity contribution in [1.82, 2.24) is 14.9 Å². The third-order valence-corrected chi connectivity index (χ3v) is 9.23. The van der Waals surface area contributed by atoms with E-state index in [1.54, 1.807) is 27.7 Å². The number of nitrogens with zero attached hydrogens (tertiary/aromatic N) is 1. The molecule has 236 valence electrons. The number of sulfonamides is 1. The van der Waals surface area contributed by atoms with Crippen molar-refractivity contribution in [3.05, 3.63) is 12.2 Å². The Morgan fingerprint density at radius 3 is 2.29 bits per heavy atom. The van der Waals surface area contributed by atoms with Gasteiger partial charge in [-0.2, -0.15) is 0 Å². The molecule has 0 aromatic heterocycles. The fourth-order valence-electron chi connectivity index (χ4n) is 4.21. The Hall–Kier alpha value is -2.63. The predicted molar refractivity (Wildman–Crippen MR) is 159 cm³/mol. The zero-order valence-electron chi connectivity index (χ0n) is 26.0. The number of unbranched alkanes of at least 4 members (excludes halogenated alkanes) is 3. The van der Waals surface area contributed by atoms with Gasteiger partial charge in [0.2, 0.25) is 27.7 Å². The van der Waals surface area contributed by atoms with Gasteiger partial charge in [-0.3, -0.25) is 19.1 Å². The number of alkyl carbamates (subject to hydrolysis) is 1. The summed E-state index contributed by atoms with van der Waals surface area (Å²) in [6.07, 6.45) is 11.6. The number of nitrogens with one attached hydrogen (secondary N) is 2. The highest BCUT2D eigenvalue weighted by Gasteiger charge is 2.52. The van der Waals surface area contributed by atoms with Crippen molar-refractivity contribution in [2.75, 3.05) is 13.1 Å². The van der Waals surface area contributed by atoms with Crippen molar-refractivity contribution in [3.8, 4) is 0 Å². The maximum absolute atomic E-state index is 11.9. The van der Waals surface area contributed by atoms with Gasteiger partial charge in [-0.05, 0) is 78.6 Å². The van der Waals surface area contributed by atoms with Gasteiger partial charge in [0, 0.05) is 12.5 Å². The van der Waals surface area contributed by atoms with E-state index in [0.29, 0.717) is 25.8 Å². The van der Waals surface area contributed by atoms with Crippen LogP contribution in [0.2, 0.25) is 0 Å². The number of allylic oxidation sites excluding steroid dienone is 2. The van der Waals surface area contributed by atoms with Crippen molar-refractivity contribution < 1.29 is 32.3 Å². The molecule has 1 saturated heterocycles. The number of rotatable bonds is 11. The molecule has 11 nitrogen and oxygen atoms in total. The summed E-state index contributed by atoms with van der Waals surface area (Å²) in [5.74, 6) is -1.06. The third-order valence-electron chi connectivity index (χ3n) is 7.06. The molecule has 4 amide bonds. The van der Waals surface area contributed by atoms with Gasteiger partial charge in [-0.15, -0.1) is 0 Å². The summed E-state index contributed by atoms with van der Waals surface area (Å²) in [6, 6.07) is -0.562. The molecule has 1 heterocycles. The molecule has 0 radical (unpaired) electrons. The first kappa shape index (κ1) is 36.4. The molecular formula is C29H52N4O7S. The Kier molecular flexibility index (Phi) is 14.3. The zero-order valence-corrected chi connectivity index (χ0v) is 26.8. The molecule has 2 unspecified atom stereocenters. The molecule has 3 rings (SSSR count). The van der Waals surface area contributed by atoms with Crippen molar-refractivity contribution in [2.24, 2.45) is 17.6 Å². The van der Waals surface area contributed by atoms with E-state index in [9.17, 15) is 27.6 Å². The van der Waals surface area contributed by atoms with Crippen LogP contribution in [0, 0.1) is 11.8 Å². The molecule has 2 aliphatic carbocycles. The second-order valence-corrected chi connectivity index (χ2v) is 14.0. The quantitative estimate of drug-likeness (QED) is 0.240. The van der Waals surface area contributed by atoms with Gasteiger partial charge < -0.3 is 20.7 Å². The van der Waals surface area contributed by atoms with E-state index in [2.05, 4.69) is 29.1 Å². The average Bonchev–Trinajstić information content (AvgIpc) is 3.78. The smallest absolute Gasteiger partial charge is 0.408 e. The summed E-state index contributed by atoms with van der Waals surface area (Å²) in [6.45, 7) is 13.4. The number of likely N-dealkylation sites (tertiary alicyclic amines) is 1. The third kappa shape index (κ3) is 12.4. The molecule has 3 fully saturated rings. The van der Waals surface area contributed by atoms with E-state index in [4.69, 9.17) is 10.5 Å². The van der Waals surface area contributed by atoms with E-state index >= 15 is 0 Å². The van der Waals surface area contributed by atoms with Crippen LogP contribution in [-0.4, -0.2) is 66.6 Å². The monoisotopic (exact) mass is 600 g/mol. The molecule has 0 aromatic carbocycles. The molecule has 0 bridgehead atoms. The molecule has 4 N–H and O–H groups in total. The average molecular weight is 601 g/mol. The van der Waals surface area contributed by atoms with Crippen LogP contribution in [0.4, 0.5) is 4.79 Å². The summed E-state index contributed by atoms with van der Waals surface area (Å²) in [7, 11) is -3.47. The molecule has 1 aliphatic heterocycles. The molecular weight excluding hydrogens is 548 g/mol. The lowest BCUT2D eigenvalue weighted by molar-refractivity contribution is -0.136. The van der Waals surface area contributed by atoms with E-state index < -0.39 is 38.4 Å². The fourth-order valence-corrected chi connectivity index (χ4v) is 5.51. The van der Waals surface area contributed by atoms with E-state index in [-0.39, 0.29) is 30.2 Å². The Morgan fingerprint density at radius 1 is 1.12 bits per heavy atom. The molecule has 3 atom stereocenters. The second kappa shape index (κ2) is 16.1. The molecule has 3 aliphatic rings. The van der Waals surface area contributed by atoms with Gasteiger partial charge in [0.25, 0.3) is 0 Å². The van der Waals surface area contributed by atoms with Gasteiger partial charge in [0.1, 0.15) is 18.2 Å². The number of carbonyl (C=O) groups is 4. The Balaban J connectivity index is 0.000000387. The number of carbonyl (C=O) groups excluding carboxylic acids is 4. The fraction of sp³-hybridized carbons (Fsp3) is 0.793. The van der Waals surface area contributed by atoms with Crippen LogP contribution in [0.5, 0.6) is 0 Å². The van der Waals surface area contributed by atoms with Crippen LogP contribution in [0.15, 0.2) is 12.2 Å². The van der Waals surface area contributed by atoms with E-state index in [1.807, 2.05) is 13.8 Å². The number of amides is 4. The SMILES string of the molecule is CC.CC(C)(C)OC(=O)NCC(=O)N1CCCC1C(N)=O.CCCCC/C=C\C1C[C@@H]1C(=O)NS(=O)(=O)C1(C)CC1. The second-order valence-electron chi connectivity index (χ2n) is 11.9. The highest BCUT2D eigenvalue weighted by atomic mass is 32.2. The van der Waals surface area contributed by atoms with Crippen molar-refractivity contribution in [1.29, 1.82) is 0 Å². The normalized spacial score (nSPS) is 22.4. The maximum Gasteiger partial charge on any atom is 0.408 e. The minimum atomic E-state index is -3.47. The summed E-state index contributed by atoms with van der Waals surface area (Å²) in [5.41, 5.74) is 4.61. The first-order valence-corrected chi connectivity index (χ1v) is 16.4. The van der Waals surface area contributed by atoms with Gasteiger partial charge in [0.15, 0.2) is 0 Å². The Bertz CT molecular complexity index is 1030. The van der Waals surface area contributed by atoms with Crippen molar-refractivity contribution in [3.63, 3.8) is 0 Å². The first-order chi connectivity index (χ1) is 19.1. The Morgan fingerprint density at radius 2 is 1.76 bits per heavy atom. The minimum Gasteiger partial charge on any atom is -0.444 e. The highest BCUT2D eigenvalue weighted by molar-refractivity contribution is 7.91. The first-order valence-electron chi connectivity index (χ1n) is 14.9. The summed E-state index contributed by atoms with van der Waals surface area (Å²) < 4.78 is 30.5. The lowest BCUT2D eigenvalue weighted by Crippen LogP contribution is -2.48. The van der Waals surface area contributed by atoms with E-state index in [0.717, 1.165) is 19.3 Å². The van der Waals surface area contributed by atoms with Crippen LogP contribution in [0.3, 0.4) is 0 Å². The standard InChI is InChI=1S/C15H25NO3S.C12H21N3O4.C2H6/c1-3-4-5-6-7-8-12-11-13(12)14(17)16-20(18,19)15(2)9-10-15;1-12(2,3)19-11(18)14-7-9(16)15-6-4-5-8(15)10(13)17;1-2/h7-8,12-13H,3-6,9-11H2,1-2H3,(H,16,17);8H,4-7H2,1-3H3,(H2,13,17)(H,14,18);1-2H3/b8-7-;;/t12?,13-;;/m0../s1. The van der Waals surface area contributed by atoms with Gasteiger partial charge in [-0.25, -0.2) is 13.2 Å². The number of nitrogens with two attached hydrogens (primary N) is 1. The van der Waals surface area contributed by atoms with Crippen LogP contribution < -0.4 is 15.8 Å². The molecule has 0 aromatic rings. The topological polar surface area (TPSA) is 165 Å². The van der Waals surface area contributed by atoms with Crippen LogP contribution in [0.1, 0.15) is 106 Å². The van der Waals surface area contributed by atoms with Crippen molar-refractivity contribution in [2.45, 2.75) is 123 Å². The van der Waals surface area contributed by atoms with Gasteiger partial charge in [-0.1, -0.05) is 45.8 Å². The Labute approximate surface area is 246 Å². The minimum absolute atomic E-state index is 0.144. The maximum atomic E-state index is 11.9. The summed E-state index contributed by atoms with van der Waals surface area (Å²) in [5, 5.41) is 2.37. The number of hydrogen-bond donors (Lipinski definition) is 3. The predicted octanol–water partition coefficient (Wildman–Crippen LogP) is 3.77. The van der Waals surface area contributed by atoms with Crippen LogP contribution in [-0.2, 0) is 29.1 Å². The van der Waals surface area contributed by atoms with Crippen LogP contribution in [0.25, 0.3) is 0 Å². The number of ether oxygens (including phenoxy) is 1. The molecule has 0 spiro atoms.